The van der Waals surface area contributed by atoms with Gasteiger partial charge in [-0.2, -0.15) is 18.4 Å². The summed E-state index contributed by atoms with van der Waals surface area (Å²) in [6, 6.07) is 14.9. The smallest absolute Gasteiger partial charge is 0.420 e. The zero-order valence-corrected chi connectivity index (χ0v) is 46.5. The van der Waals surface area contributed by atoms with Crippen LogP contribution in [0.4, 0.5) is 37.7 Å². The minimum Gasteiger partial charge on any atom is -0.491 e. The van der Waals surface area contributed by atoms with Gasteiger partial charge in [-0.25, -0.2) is 18.2 Å². The number of ether oxygens (including phenoxy) is 1. The number of benzene rings is 3. The van der Waals surface area contributed by atoms with E-state index in [1.54, 1.807) is 18.5 Å². The van der Waals surface area contributed by atoms with Gasteiger partial charge in [-0.1, -0.05) is 56.1 Å². The van der Waals surface area contributed by atoms with Gasteiger partial charge in [0.05, 0.1) is 76.2 Å². The summed E-state index contributed by atoms with van der Waals surface area (Å²) in [7, 11) is 0. The van der Waals surface area contributed by atoms with Crippen molar-refractivity contribution in [2.24, 2.45) is 5.92 Å². The quantitative estimate of drug-likeness (QED) is 0.0370. The Kier molecular flexibility index (Phi) is 18.0. The van der Waals surface area contributed by atoms with Gasteiger partial charge in [0.25, 0.3) is 5.91 Å². The summed E-state index contributed by atoms with van der Waals surface area (Å²) in [6.45, 7) is 10.5. The third kappa shape index (κ3) is 12.7. The van der Waals surface area contributed by atoms with E-state index in [4.69, 9.17) is 21.5 Å². The molecule has 3 aromatic heterocycles. The summed E-state index contributed by atoms with van der Waals surface area (Å²) >= 11 is 6.94. The molecule has 24 heteroatoms. The Balaban J connectivity index is 0.833. The van der Waals surface area contributed by atoms with Crippen LogP contribution in [0.5, 0.6) is 5.75 Å². The Morgan fingerprint density at radius 1 is 0.975 bits per heavy atom. The summed E-state index contributed by atoms with van der Waals surface area (Å²) < 4.78 is 99.3. The molecule has 0 aliphatic carbocycles. The number of aliphatic hydroxyl groups is 1. The highest BCUT2D eigenvalue weighted by Gasteiger charge is 2.52. The van der Waals surface area contributed by atoms with Gasteiger partial charge in [-0.15, -0.1) is 11.3 Å². The number of β-amino-alcohol motifs (C(OH)–C–C–N with tert-alkyl or cyclic N) is 1. The van der Waals surface area contributed by atoms with Gasteiger partial charge in [0.2, 0.25) is 17.7 Å². The molecule has 2 aliphatic rings. The van der Waals surface area contributed by atoms with Crippen LogP contribution >= 0.6 is 23.6 Å². The summed E-state index contributed by atoms with van der Waals surface area (Å²) in [4.78, 5) is 67.9. The van der Waals surface area contributed by atoms with Gasteiger partial charge in [0, 0.05) is 37.2 Å². The molecule has 2 aliphatic heterocycles. The number of anilines is 2. The van der Waals surface area contributed by atoms with Gasteiger partial charge < -0.3 is 34.8 Å². The number of aryl methyl sites for hydroxylation is 2. The molecule has 0 radical (unpaired) electrons. The van der Waals surface area contributed by atoms with Crippen molar-refractivity contribution in [3.8, 4) is 33.5 Å². The number of hydrogen-bond donors (Lipinski definition) is 3. The number of likely N-dealkylation sites (tertiary alicyclic amines) is 1. The Hall–Kier alpha value is -7.75. The number of thiocarbonyl (C=S) groups is 1. The van der Waals surface area contributed by atoms with Crippen molar-refractivity contribution in [1.82, 2.24) is 30.7 Å². The van der Waals surface area contributed by atoms with Crippen LogP contribution in [0.25, 0.3) is 21.7 Å². The molecular formula is C57H57F6N9O7S2. The number of carbonyl (C=O) groups excluding carboxylic acids is 4. The van der Waals surface area contributed by atoms with Gasteiger partial charge in [-0.05, 0) is 100 Å². The third-order valence-electron chi connectivity index (χ3n) is 14.2. The lowest BCUT2D eigenvalue weighted by molar-refractivity contribution is -0.141. The van der Waals surface area contributed by atoms with E-state index in [2.05, 4.69) is 25.8 Å². The van der Waals surface area contributed by atoms with Crippen molar-refractivity contribution in [2.75, 3.05) is 29.5 Å². The van der Waals surface area contributed by atoms with Gasteiger partial charge >= 0.3 is 6.18 Å². The number of aliphatic hydroxyl groups excluding tert-OH is 1. The number of hydrogen-bond acceptors (Lipinski definition) is 13. The number of thiazole rings is 1. The van der Waals surface area contributed by atoms with E-state index >= 15 is 13.2 Å². The fourth-order valence-electron chi connectivity index (χ4n) is 10.0. The van der Waals surface area contributed by atoms with Crippen molar-refractivity contribution < 1.29 is 59.9 Å². The number of nitriles is 1. The molecule has 4 atom stereocenters. The minimum atomic E-state index is -5.28. The maximum absolute atomic E-state index is 15.8. The normalized spacial score (nSPS) is 16.9. The zero-order valence-electron chi connectivity index (χ0n) is 44.9. The molecule has 1 unspecified atom stereocenters. The zero-order chi connectivity index (χ0) is 58.7. The Morgan fingerprint density at radius 3 is 2.32 bits per heavy atom. The first-order chi connectivity index (χ1) is 38.4. The topological polar surface area (TPSA) is 207 Å². The first-order valence-electron chi connectivity index (χ1n) is 26.0. The fourth-order valence-corrected chi connectivity index (χ4v) is 11.4. The van der Waals surface area contributed by atoms with Crippen molar-refractivity contribution in [2.45, 2.75) is 116 Å². The number of pyridine rings is 1. The van der Waals surface area contributed by atoms with E-state index in [0.29, 0.717) is 54.1 Å². The van der Waals surface area contributed by atoms with E-state index in [0.717, 1.165) is 51.5 Å². The maximum Gasteiger partial charge on any atom is 0.420 e. The van der Waals surface area contributed by atoms with Crippen LogP contribution < -0.4 is 25.2 Å². The molecule has 2 fully saturated rings. The highest BCUT2D eigenvalue weighted by molar-refractivity contribution is 7.81. The van der Waals surface area contributed by atoms with Gasteiger partial charge in [0.1, 0.15) is 34.5 Å². The number of unbranched alkanes of at least 4 members (excludes halogenated alkanes) is 3. The van der Waals surface area contributed by atoms with Crippen LogP contribution in [0, 0.1) is 48.5 Å². The summed E-state index contributed by atoms with van der Waals surface area (Å²) in [5.41, 5.74) is -0.952. The molecule has 16 nitrogen and oxygen atoms in total. The monoisotopic (exact) mass is 1160 g/mol. The molecule has 4 amide bonds. The lowest BCUT2D eigenvalue weighted by Crippen LogP contribution is -2.49. The highest BCUT2D eigenvalue weighted by atomic mass is 32.1. The number of aromatic nitrogens is 3. The second-order valence-electron chi connectivity index (χ2n) is 20.7. The second-order valence-corrected chi connectivity index (χ2v) is 21.9. The van der Waals surface area contributed by atoms with Crippen LogP contribution in [-0.2, 0) is 25.4 Å². The van der Waals surface area contributed by atoms with Gasteiger partial charge in [-0.3, -0.25) is 29.1 Å². The highest BCUT2D eigenvalue weighted by Crippen LogP contribution is 2.43. The standard InChI is InChI=1S/C57H57F6N9O7S2/c1-30(2)47(45-21-31(3)69-79-45)53(76)70-28-38(73)24-43(70)52(75)68-41(33-11-13-34(14-12-33)51-32(4)67-29-81-51)25-46(74)65-19-9-7-8-10-20-78-44-18-16-35(22-39(44)58)50-40(59)23-37(27-66-50)72-55(80)71(54(77)56(72,5)6)42-17-15-36(26-64)48(49(42)60)57(61,62)63/h11-18,21-23,27,29-30,38,41,43,47,73H,7-10,19-20,24-25,28H2,1-6H3,(H,65,74)(H,68,75)/t38-,41+,43+,47?/m1/s1. The number of amides is 4. The molecule has 0 spiro atoms. The summed E-state index contributed by atoms with van der Waals surface area (Å²) in [5, 5.41) is 29.4. The molecule has 3 N–H and O–H groups in total. The van der Waals surface area contributed by atoms with Crippen LogP contribution in [0.1, 0.15) is 112 Å². The SMILES string of the molecule is Cc1cc(C(C(=O)N2C[C@H](O)C[C@H]2C(=O)N[C@@H](CC(=O)NCCCCCCOc2ccc(-c3ncc(N4C(=S)N(c5ccc(C#N)c(C(F)(F)F)c5F)C(=O)C4(C)C)cc3F)cc2F)c2ccc(-c3scnc3C)cc2)C(C)C)on1. The molecule has 0 saturated carbocycles. The Bertz CT molecular complexity index is 3400. The average molecular weight is 1160 g/mol. The predicted molar refractivity (Wildman–Crippen MR) is 292 cm³/mol. The van der Waals surface area contributed by atoms with E-state index in [9.17, 15) is 42.7 Å². The molecule has 8 rings (SSSR count). The van der Waals surface area contributed by atoms with Gasteiger partial charge in [0.15, 0.2) is 28.3 Å². The first-order valence-corrected chi connectivity index (χ1v) is 27.3. The molecule has 6 aromatic rings. The number of carbonyl (C=O) groups is 4. The summed E-state index contributed by atoms with van der Waals surface area (Å²) in [5.74, 6) is -6.51. The summed E-state index contributed by atoms with van der Waals surface area (Å²) in [6.07, 6.45) is -2.74. The maximum atomic E-state index is 15.8. The Labute approximate surface area is 472 Å². The molecular weight excluding hydrogens is 1100 g/mol. The number of nitrogens with zero attached hydrogens (tertiary/aromatic N) is 7. The minimum absolute atomic E-state index is 0.00679. The molecule has 0 bridgehead atoms. The molecule has 5 heterocycles. The number of alkyl halides is 3. The van der Waals surface area contributed by atoms with E-state index in [1.165, 1.54) is 48.3 Å². The largest absolute Gasteiger partial charge is 0.491 e. The number of nitrogens with one attached hydrogen (secondary N) is 2. The van der Waals surface area contributed by atoms with Crippen LogP contribution in [0.15, 0.2) is 83.0 Å². The van der Waals surface area contributed by atoms with Crippen molar-refractivity contribution in [1.29, 1.82) is 5.26 Å². The number of halogens is 6. The average Bonchev–Trinajstić information content (AvgIpc) is 4.21. The van der Waals surface area contributed by atoms with Crippen LogP contribution in [0.3, 0.4) is 0 Å². The molecule has 2 saturated heterocycles. The van der Waals surface area contributed by atoms with Crippen molar-refractivity contribution in [3.63, 3.8) is 0 Å². The lowest BCUT2D eigenvalue weighted by atomic mass is 9.91. The molecule has 3 aromatic carbocycles. The van der Waals surface area contributed by atoms with Crippen LogP contribution in [-0.4, -0.2) is 91.3 Å². The van der Waals surface area contributed by atoms with E-state index in [1.807, 2.05) is 45.0 Å². The number of rotatable bonds is 20. The van der Waals surface area contributed by atoms with Crippen LogP contribution in [0.2, 0.25) is 0 Å². The second kappa shape index (κ2) is 24.5. The first kappa shape index (κ1) is 59.4. The predicted octanol–water partition coefficient (Wildman–Crippen LogP) is 10.4. The molecule has 426 valence electrons. The van der Waals surface area contributed by atoms with E-state index in [-0.39, 0.29) is 66.4 Å². The lowest BCUT2D eigenvalue weighted by Gasteiger charge is -2.30. The molecule has 81 heavy (non-hydrogen) atoms. The Morgan fingerprint density at radius 2 is 1.69 bits per heavy atom. The van der Waals surface area contributed by atoms with E-state index < -0.39 is 87.0 Å². The third-order valence-corrected chi connectivity index (χ3v) is 15.5. The fraction of sp³-hybridized carbons (Fsp3) is 0.386. The van der Waals surface area contributed by atoms with Crippen molar-refractivity contribution in [3.05, 3.63) is 130 Å². The van der Waals surface area contributed by atoms with Crippen molar-refractivity contribution >= 4 is 63.7 Å².